The summed E-state index contributed by atoms with van der Waals surface area (Å²) in [6.07, 6.45) is 7.87. The summed E-state index contributed by atoms with van der Waals surface area (Å²) in [6.45, 7) is 7.02. The molecule has 1 aliphatic carbocycles. The molecule has 0 spiro atoms. The van der Waals surface area contributed by atoms with Crippen LogP contribution in [0.4, 0.5) is 4.39 Å². The smallest absolute Gasteiger partial charge is 0.228 e. The second-order valence-corrected chi connectivity index (χ2v) is 10.8. The number of aromatic nitrogens is 2. The van der Waals surface area contributed by atoms with E-state index in [1.165, 1.54) is 20.0 Å². The van der Waals surface area contributed by atoms with Crippen LogP contribution < -0.4 is 9.47 Å². The second kappa shape index (κ2) is 10.6. The van der Waals surface area contributed by atoms with E-state index in [4.69, 9.17) is 9.47 Å². The summed E-state index contributed by atoms with van der Waals surface area (Å²) in [5.74, 6) is 1.30. The highest BCUT2D eigenvalue weighted by Gasteiger charge is 2.32. The van der Waals surface area contributed by atoms with Gasteiger partial charge in [-0.05, 0) is 48.1 Å². The Balaban J connectivity index is 1.69. The number of nitrogens with zero attached hydrogens (tertiary/aromatic N) is 2. The third-order valence-corrected chi connectivity index (χ3v) is 7.41. The predicted octanol–water partition coefficient (Wildman–Crippen LogP) is 6.37. The van der Waals surface area contributed by atoms with E-state index in [1.54, 1.807) is 18.3 Å². The van der Waals surface area contributed by atoms with Crippen molar-refractivity contribution < 1.29 is 23.8 Å². The number of ether oxygens (including phenoxy) is 2. The molecule has 1 N–H and O–H groups in total. The van der Waals surface area contributed by atoms with Gasteiger partial charge in [-0.25, -0.2) is 9.37 Å². The minimum Gasteiger partial charge on any atom is -0.496 e. The van der Waals surface area contributed by atoms with Crippen molar-refractivity contribution in [3.63, 3.8) is 0 Å². The second-order valence-electron chi connectivity index (χ2n) is 10.8. The molecule has 0 bridgehead atoms. The van der Waals surface area contributed by atoms with Crippen LogP contribution in [0.3, 0.4) is 0 Å². The molecule has 1 aromatic carbocycles. The molecule has 3 aromatic rings. The van der Waals surface area contributed by atoms with Gasteiger partial charge in [0.25, 0.3) is 0 Å². The summed E-state index contributed by atoms with van der Waals surface area (Å²) >= 11 is 0. The number of ketones is 1. The van der Waals surface area contributed by atoms with Crippen LogP contribution in [0.2, 0.25) is 0 Å². The Hall–Kier alpha value is -2.93. The molecule has 1 fully saturated rings. The SMILES string of the molecule is COc1cc(-c2cnc3cc(C(C)(C)C(O)C(C)C)ccn23)cc(OCF)c1C(=O)CCCC1CC1. The maximum atomic E-state index is 13.3. The third kappa shape index (κ3) is 5.26. The average Bonchev–Trinajstić information content (AvgIpc) is 3.58. The molecule has 4 rings (SSSR count). The van der Waals surface area contributed by atoms with Gasteiger partial charge in [0.2, 0.25) is 6.86 Å². The first-order valence-corrected chi connectivity index (χ1v) is 12.8. The first-order chi connectivity index (χ1) is 17.2. The molecule has 1 saturated carbocycles. The van der Waals surface area contributed by atoms with Gasteiger partial charge in [-0.15, -0.1) is 0 Å². The Bertz CT molecular complexity index is 1230. The Morgan fingerprint density at radius 1 is 1.25 bits per heavy atom. The molecule has 7 heteroatoms. The van der Waals surface area contributed by atoms with E-state index in [0.717, 1.165) is 35.7 Å². The van der Waals surface area contributed by atoms with E-state index in [-0.39, 0.29) is 23.0 Å². The van der Waals surface area contributed by atoms with Crippen LogP contribution in [-0.4, -0.2) is 40.3 Å². The van der Waals surface area contributed by atoms with Gasteiger partial charge in [-0.3, -0.25) is 9.20 Å². The summed E-state index contributed by atoms with van der Waals surface area (Å²) in [5.41, 5.74) is 3.00. The molecule has 36 heavy (non-hydrogen) atoms. The van der Waals surface area contributed by atoms with Gasteiger partial charge in [0.15, 0.2) is 5.78 Å². The van der Waals surface area contributed by atoms with Crippen LogP contribution in [0.1, 0.15) is 75.7 Å². The van der Waals surface area contributed by atoms with Crippen molar-refractivity contribution in [3.8, 4) is 22.8 Å². The lowest BCUT2D eigenvalue weighted by Crippen LogP contribution is -2.37. The number of benzene rings is 1. The molecular formula is C29H37FN2O4. The van der Waals surface area contributed by atoms with E-state index in [1.807, 2.05) is 50.4 Å². The Labute approximate surface area is 212 Å². The summed E-state index contributed by atoms with van der Waals surface area (Å²) in [4.78, 5) is 17.6. The molecule has 1 atom stereocenters. The van der Waals surface area contributed by atoms with Crippen molar-refractivity contribution in [2.75, 3.05) is 14.0 Å². The molecule has 0 radical (unpaired) electrons. The number of pyridine rings is 1. The van der Waals surface area contributed by atoms with Crippen molar-refractivity contribution in [3.05, 3.63) is 47.8 Å². The number of alkyl halides is 1. The predicted molar refractivity (Wildman–Crippen MR) is 139 cm³/mol. The zero-order valence-corrected chi connectivity index (χ0v) is 21.9. The van der Waals surface area contributed by atoms with E-state index >= 15 is 0 Å². The zero-order valence-electron chi connectivity index (χ0n) is 21.9. The molecule has 194 valence electrons. The number of imidazole rings is 1. The molecule has 1 unspecified atom stereocenters. The van der Waals surface area contributed by atoms with Crippen molar-refractivity contribution >= 4 is 11.4 Å². The number of Topliss-reactive ketones (excluding diaryl/α,β-unsaturated/α-hetero) is 1. The Morgan fingerprint density at radius 3 is 2.61 bits per heavy atom. The molecule has 1 aliphatic rings. The van der Waals surface area contributed by atoms with Crippen molar-refractivity contribution in [1.82, 2.24) is 9.38 Å². The number of hydrogen-bond donors (Lipinski definition) is 1. The number of carbonyl (C=O) groups excluding carboxylic acids is 1. The van der Waals surface area contributed by atoms with Crippen LogP contribution in [-0.2, 0) is 5.41 Å². The fourth-order valence-electron chi connectivity index (χ4n) is 5.03. The number of aliphatic hydroxyl groups is 1. The Morgan fingerprint density at radius 2 is 1.97 bits per heavy atom. The highest BCUT2D eigenvalue weighted by molar-refractivity contribution is 6.02. The minimum atomic E-state index is -1.04. The van der Waals surface area contributed by atoms with Crippen molar-refractivity contribution in [2.24, 2.45) is 11.8 Å². The summed E-state index contributed by atoms with van der Waals surface area (Å²) < 4.78 is 26.1. The van der Waals surface area contributed by atoms with Gasteiger partial charge < -0.3 is 14.6 Å². The fraction of sp³-hybridized carbons (Fsp3) is 0.517. The summed E-state index contributed by atoms with van der Waals surface area (Å²) in [7, 11) is 1.50. The number of fused-ring (bicyclic) bond motifs is 1. The molecule has 0 aliphatic heterocycles. The van der Waals surface area contributed by atoms with Crippen LogP contribution in [0.5, 0.6) is 11.5 Å². The van der Waals surface area contributed by atoms with E-state index in [9.17, 15) is 14.3 Å². The third-order valence-electron chi connectivity index (χ3n) is 7.41. The minimum absolute atomic E-state index is 0.101. The zero-order chi connectivity index (χ0) is 26.0. The number of aliphatic hydroxyl groups excluding tert-OH is 1. The molecule has 0 amide bonds. The lowest BCUT2D eigenvalue weighted by Gasteiger charge is -2.33. The van der Waals surface area contributed by atoms with Gasteiger partial charge in [0, 0.05) is 23.6 Å². The van der Waals surface area contributed by atoms with Crippen LogP contribution in [0.25, 0.3) is 16.9 Å². The maximum absolute atomic E-state index is 13.3. The molecule has 6 nitrogen and oxygen atoms in total. The maximum Gasteiger partial charge on any atom is 0.228 e. The molecular weight excluding hydrogens is 459 g/mol. The van der Waals surface area contributed by atoms with Gasteiger partial charge in [0.05, 0.1) is 25.1 Å². The van der Waals surface area contributed by atoms with Crippen LogP contribution >= 0.6 is 0 Å². The van der Waals surface area contributed by atoms with E-state index in [2.05, 4.69) is 4.98 Å². The number of halogens is 1. The van der Waals surface area contributed by atoms with Crippen molar-refractivity contribution in [1.29, 1.82) is 0 Å². The lowest BCUT2D eigenvalue weighted by atomic mass is 9.75. The number of methoxy groups -OCH3 is 1. The van der Waals surface area contributed by atoms with Gasteiger partial charge in [0.1, 0.15) is 22.7 Å². The van der Waals surface area contributed by atoms with Gasteiger partial charge in [-0.2, -0.15) is 0 Å². The van der Waals surface area contributed by atoms with Gasteiger partial charge in [-0.1, -0.05) is 47.0 Å². The van der Waals surface area contributed by atoms with Crippen LogP contribution in [0.15, 0.2) is 36.7 Å². The largest absolute Gasteiger partial charge is 0.496 e. The topological polar surface area (TPSA) is 73.1 Å². The standard InChI is InChI=1S/C29H37FN2O4/c1-18(2)28(34)29(3,4)21-11-12-32-22(16-31-26(32)15-21)20-13-24(35-5)27(25(14-20)36-17-30)23(33)8-6-7-19-9-10-19/h11-16,18-19,28,34H,6-10,17H2,1-5H3. The van der Waals surface area contributed by atoms with Crippen molar-refractivity contribution in [2.45, 2.75) is 71.3 Å². The highest BCUT2D eigenvalue weighted by atomic mass is 19.1. The lowest BCUT2D eigenvalue weighted by molar-refractivity contribution is 0.0574. The van der Waals surface area contributed by atoms with Gasteiger partial charge >= 0.3 is 0 Å². The quantitative estimate of drug-likeness (QED) is 0.295. The molecule has 2 heterocycles. The fourth-order valence-corrected chi connectivity index (χ4v) is 5.03. The Kier molecular flexibility index (Phi) is 7.69. The normalized spacial score (nSPS) is 14.9. The number of hydrogen-bond acceptors (Lipinski definition) is 5. The number of rotatable bonds is 12. The first-order valence-electron chi connectivity index (χ1n) is 12.8. The van der Waals surface area contributed by atoms with E-state index in [0.29, 0.717) is 17.7 Å². The number of carbonyl (C=O) groups is 1. The van der Waals surface area contributed by atoms with Crippen LogP contribution in [0, 0.1) is 11.8 Å². The summed E-state index contributed by atoms with van der Waals surface area (Å²) in [5, 5.41) is 10.7. The molecule has 2 aromatic heterocycles. The average molecular weight is 497 g/mol. The monoisotopic (exact) mass is 496 g/mol. The highest BCUT2D eigenvalue weighted by Crippen LogP contribution is 2.39. The summed E-state index contributed by atoms with van der Waals surface area (Å²) in [6, 6.07) is 7.42. The first kappa shape index (κ1) is 26.1. The van der Waals surface area contributed by atoms with E-state index < -0.39 is 18.4 Å². The molecule has 0 saturated heterocycles.